The maximum atomic E-state index is 11.3. The van der Waals surface area contributed by atoms with Gasteiger partial charge in [0.2, 0.25) is 5.91 Å². The van der Waals surface area contributed by atoms with E-state index in [9.17, 15) is 9.59 Å². The maximum Gasteiger partial charge on any atom is 0.326 e. The predicted molar refractivity (Wildman–Crippen MR) is 50.6 cm³/mol. The summed E-state index contributed by atoms with van der Waals surface area (Å²) in [6.07, 6.45) is 1.39. The Bertz CT molecular complexity index is 242. The Morgan fingerprint density at radius 3 is 2.71 bits per heavy atom. The molecule has 0 aromatic heterocycles. The summed E-state index contributed by atoms with van der Waals surface area (Å²) < 4.78 is 0. The largest absolute Gasteiger partial charge is 0.480 e. The number of carboxylic acids is 1. The fraction of sp³-hybridized carbons (Fsp3) is 0.778. The van der Waals surface area contributed by atoms with Crippen molar-refractivity contribution < 1.29 is 14.7 Å². The van der Waals surface area contributed by atoms with Crippen molar-refractivity contribution in [2.45, 2.75) is 25.8 Å². The van der Waals surface area contributed by atoms with Gasteiger partial charge in [-0.3, -0.25) is 4.79 Å². The Kier molecular flexibility index (Phi) is 3.46. The Balaban J connectivity index is 2.72. The highest BCUT2D eigenvalue weighted by Gasteiger charge is 2.33. The molecular weight excluding hydrogens is 184 g/mol. The number of amides is 1. The summed E-state index contributed by atoms with van der Waals surface area (Å²) in [6.45, 7) is 2.40. The molecule has 1 fully saturated rings. The van der Waals surface area contributed by atoms with E-state index >= 15 is 0 Å². The third kappa shape index (κ3) is 2.23. The zero-order valence-corrected chi connectivity index (χ0v) is 8.27. The van der Waals surface area contributed by atoms with E-state index in [-0.39, 0.29) is 12.5 Å². The number of hydrogen-bond donors (Lipinski definition) is 2. The van der Waals surface area contributed by atoms with Gasteiger partial charge in [0.1, 0.15) is 6.04 Å². The number of carbonyl (C=O) groups is 2. The first-order chi connectivity index (χ1) is 6.56. The van der Waals surface area contributed by atoms with Crippen molar-refractivity contribution in [1.29, 1.82) is 0 Å². The van der Waals surface area contributed by atoms with Crippen LogP contribution in [0.4, 0.5) is 0 Å². The Labute approximate surface area is 82.9 Å². The van der Waals surface area contributed by atoms with E-state index in [0.29, 0.717) is 18.9 Å². The number of carbonyl (C=O) groups excluding carboxylic acids is 1. The first-order valence-corrected chi connectivity index (χ1v) is 4.78. The molecular formula is C9H16N2O3. The first kappa shape index (κ1) is 11.0. The van der Waals surface area contributed by atoms with Crippen molar-refractivity contribution in [2.75, 3.05) is 13.1 Å². The van der Waals surface area contributed by atoms with Crippen molar-refractivity contribution in [3.05, 3.63) is 0 Å². The second-order valence-corrected chi connectivity index (χ2v) is 3.77. The summed E-state index contributed by atoms with van der Waals surface area (Å²) in [5.41, 5.74) is 5.22. The van der Waals surface area contributed by atoms with Gasteiger partial charge in [0.15, 0.2) is 0 Å². The number of likely N-dealkylation sites (tertiary alicyclic amines) is 1. The van der Waals surface area contributed by atoms with Gasteiger partial charge in [-0.1, -0.05) is 6.92 Å². The summed E-state index contributed by atoms with van der Waals surface area (Å²) in [4.78, 5) is 23.6. The van der Waals surface area contributed by atoms with Crippen LogP contribution in [0.3, 0.4) is 0 Å². The van der Waals surface area contributed by atoms with Crippen LogP contribution in [0.1, 0.15) is 19.8 Å². The van der Waals surface area contributed by atoms with E-state index in [0.717, 1.165) is 6.42 Å². The molecule has 0 aromatic carbocycles. The highest BCUT2D eigenvalue weighted by molar-refractivity contribution is 5.84. The molecule has 0 saturated carbocycles. The number of nitrogens with two attached hydrogens (primary N) is 1. The second-order valence-electron chi connectivity index (χ2n) is 3.77. The summed E-state index contributed by atoms with van der Waals surface area (Å²) >= 11 is 0. The molecule has 1 aliphatic heterocycles. The normalized spacial score (nSPS) is 27.4. The first-order valence-electron chi connectivity index (χ1n) is 4.78. The molecule has 80 valence electrons. The lowest BCUT2D eigenvalue weighted by atomic mass is 9.92. The monoisotopic (exact) mass is 200 g/mol. The molecule has 0 radical (unpaired) electrons. The minimum atomic E-state index is -0.932. The number of hydrogen-bond acceptors (Lipinski definition) is 3. The van der Waals surface area contributed by atoms with E-state index in [4.69, 9.17) is 10.8 Å². The number of nitrogens with zero attached hydrogens (tertiary/aromatic N) is 1. The van der Waals surface area contributed by atoms with E-state index in [2.05, 4.69) is 0 Å². The van der Waals surface area contributed by atoms with Gasteiger partial charge in [0.25, 0.3) is 0 Å². The number of aliphatic carboxylic acids is 1. The molecule has 1 aliphatic rings. The van der Waals surface area contributed by atoms with Crippen LogP contribution in [0, 0.1) is 5.92 Å². The summed E-state index contributed by atoms with van der Waals surface area (Å²) in [5.74, 6) is -0.847. The van der Waals surface area contributed by atoms with Gasteiger partial charge in [0.05, 0.1) is 6.54 Å². The lowest BCUT2D eigenvalue weighted by Crippen LogP contribution is -2.51. The fourth-order valence-electron chi connectivity index (χ4n) is 1.79. The molecule has 5 heteroatoms. The quantitative estimate of drug-likeness (QED) is 0.638. The van der Waals surface area contributed by atoms with Crippen molar-refractivity contribution in [1.82, 2.24) is 4.90 Å². The average molecular weight is 200 g/mol. The average Bonchev–Trinajstić information content (AvgIpc) is 2.16. The third-order valence-electron chi connectivity index (χ3n) is 2.64. The van der Waals surface area contributed by atoms with Crippen LogP contribution in [0.2, 0.25) is 0 Å². The number of rotatable bonds is 2. The molecule has 0 spiro atoms. The zero-order valence-electron chi connectivity index (χ0n) is 8.27. The van der Waals surface area contributed by atoms with Crippen LogP contribution in [0.5, 0.6) is 0 Å². The maximum absolute atomic E-state index is 11.3. The van der Waals surface area contributed by atoms with Crippen molar-refractivity contribution in [3.63, 3.8) is 0 Å². The lowest BCUT2D eigenvalue weighted by Gasteiger charge is -2.35. The number of carboxylic acid groups (broad SMARTS) is 1. The smallest absolute Gasteiger partial charge is 0.326 e. The molecule has 2 unspecified atom stereocenters. The van der Waals surface area contributed by atoms with E-state index in [1.165, 1.54) is 4.90 Å². The Morgan fingerprint density at radius 2 is 2.21 bits per heavy atom. The predicted octanol–water partition coefficient (Wildman–Crippen LogP) is -0.343. The molecule has 0 aromatic rings. The molecule has 5 nitrogen and oxygen atoms in total. The second kappa shape index (κ2) is 4.41. The number of piperidine rings is 1. The van der Waals surface area contributed by atoms with Gasteiger partial charge in [0, 0.05) is 6.54 Å². The Hall–Kier alpha value is -1.10. The van der Waals surface area contributed by atoms with E-state index < -0.39 is 12.0 Å². The summed E-state index contributed by atoms with van der Waals surface area (Å²) in [5, 5.41) is 8.94. The summed E-state index contributed by atoms with van der Waals surface area (Å²) in [7, 11) is 0. The Morgan fingerprint density at radius 1 is 1.57 bits per heavy atom. The van der Waals surface area contributed by atoms with Crippen LogP contribution in [0.25, 0.3) is 0 Å². The van der Waals surface area contributed by atoms with E-state index in [1.54, 1.807) is 0 Å². The van der Waals surface area contributed by atoms with Crippen molar-refractivity contribution in [2.24, 2.45) is 11.7 Å². The van der Waals surface area contributed by atoms with Gasteiger partial charge in [-0.15, -0.1) is 0 Å². The van der Waals surface area contributed by atoms with Crippen LogP contribution in [-0.2, 0) is 9.59 Å². The molecule has 2 atom stereocenters. The standard InChI is InChI=1S/C9H16N2O3/c1-6-2-3-11(8(12)5-10)7(4-6)9(13)14/h6-7H,2-5,10H2,1H3,(H,13,14). The highest BCUT2D eigenvalue weighted by Crippen LogP contribution is 2.22. The topological polar surface area (TPSA) is 83.6 Å². The fourth-order valence-corrected chi connectivity index (χ4v) is 1.79. The molecule has 0 bridgehead atoms. The molecule has 1 heterocycles. The van der Waals surface area contributed by atoms with Crippen molar-refractivity contribution in [3.8, 4) is 0 Å². The van der Waals surface area contributed by atoms with Gasteiger partial charge in [-0.05, 0) is 18.8 Å². The minimum absolute atomic E-state index is 0.113. The van der Waals surface area contributed by atoms with Crippen LogP contribution in [-0.4, -0.2) is 41.0 Å². The van der Waals surface area contributed by atoms with Crippen LogP contribution < -0.4 is 5.73 Å². The third-order valence-corrected chi connectivity index (χ3v) is 2.64. The van der Waals surface area contributed by atoms with Gasteiger partial charge < -0.3 is 15.7 Å². The molecule has 14 heavy (non-hydrogen) atoms. The zero-order chi connectivity index (χ0) is 10.7. The van der Waals surface area contributed by atoms with Gasteiger partial charge in [-0.2, -0.15) is 0 Å². The SMILES string of the molecule is CC1CCN(C(=O)CN)C(C(=O)O)C1. The van der Waals surface area contributed by atoms with Gasteiger partial charge in [-0.25, -0.2) is 4.79 Å². The summed E-state index contributed by atoms with van der Waals surface area (Å²) in [6, 6.07) is -0.685. The molecule has 0 aliphatic carbocycles. The highest BCUT2D eigenvalue weighted by atomic mass is 16.4. The van der Waals surface area contributed by atoms with E-state index in [1.807, 2.05) is 6.92 Å². The molecule has 1 saturated heterocycles. The van der Waals surface area contributed by atoms with Gasteiger partial charge >= 0.3 is 5.97 Å². The molecule has 3 N–H and O–H groups in total. The van der Waals surface area contributed by atoms with Crippen LogP contribution in [0.15, 0.2) is 0 Å². The molecule has 1 amide bonds. The minimum Gasteiger partial charge on any atom is -0.480 e. The van der Waals surface area contributed by atoms with Crippen LogP contribution >= 0.6 is 0 Å². The van der Waals surface area contributed by atoms with Crippen molar-refractivity contribution >= 4 is 11.9 Å². The lowest BCUT2D eigenvalue weighted by molar-refractivity contribution is -0.152. The molecule has 1 rings (SSSR count).